The molecule has 1 aliphatic heterocycles. The van der Waals surface area contributed by atoms with Crippen LogP contribution in [0.4, 0.5) is 10.5 Å². The van der Waals surface area contributed by atoms with E-state index in [2.05, 4.69) is 20.1 Å². The molecule has 0 radical (unpaired) electrons. The van der Waals surface area contributed by atoms with Gasteiger partial charge in [-0.2, -0.15) is 0 Å². The van der Waals surface area contributed by atoms with Gasteiger partial charge < -0.3 is 24.4 Å². The Labute approximate surface area is 257 Å². The van der Waals surface area contributed by atoms with Crippen molar-refractivity contribution >= 4 is 64.4 Å². The van der Waals surface area contributed by atoms with Crippen LogP contribution in [0.1, 0.15) is 47.2 Å². The van der Waals surface area contributed by atoms with Crippen molar-refractivity contribution in [2.75, 3.05) is 26.2 Å². The summed E-state index contributed by atoms with van der Waals surface area (Å²) in [6.45, 7) is 0.0249. The van der Waals surface area contributed by atoms with Gasteiger partial charge in [0.2, 0.25) is 5.91 Å². The van der Waals surface area contributed by atoms with E-state index in [1.165, 1.54) is 32.3 Å². The molecule has 1 atom stereocenters. The fraction of sp³-hybridized carbons (Fsp3) is 0.300. The summed E-state index contributed by atoms with van der Waals surface area (Å²) in [7, 11) is 3.61. The molecule has 2 aromatic rings. The Morgan fingerprint density at radius 3 is 2.20 bits per heavy atom. The van der Waals surface area contributed by atoms with Crippen LogP contribution >= 0.6 is 11.8 Å². The number of nitrogens with one attached hydrogen (secondary N) is 2. The molecule has 0 aromatic heterocycles. The highest BCUT2D eigenvalue weighted by Crippen LogP contribution is 2.27. The fourth-order valence-electron chi connectivity index (χ4n) is 4.08. The quantitative estimate of drug-likeness (QED) is 0.190. The second-order valence-electron chi connectivity index (χ2n) is 9.36. The number of carbonyl (C=O) groups excluding carboxylic acids is 7. The van der Waals surface area contributed by atoms with Gasteiger partial charge in [-0.15, -0.1) is 0 Å². The lowest BCUT2D eigenvalue weighted by atomic mass is 10.1. The maximum absolute atomic E-state index is 13.3. The number of ether oxygens (including phenoxy) is 3. The molecule has 232 valence electrons. The highest BCUT2D eigenvalue weighted by molar-refractivity contribution is 8.18. The number of nitrogens with zero attached hydrogens (tertiary/aromatic N) is 1. The van der Waals surface area contributed by atoms with Gasteiger partial charge in [-0.1, -0.05) is 24.3 Å². The summed E-state index contributed by atoms with van der Waals surface area (Å²) in [5.41, 5.74) is 1.86. The van der Waals surface area contributed by atoms with E-state index in [4.69, 9.17) is 4.74 Å². The molecule has 44 heavy (non-hydrogen) atoms. The zero-order chi connectivity index (χ0) is 32.2. The standard InChI is InChI=1S/C30H31N3O10S/c1-41-25(35)13-11-22(29(39)43-3)31-27(37)20-6-4-5-19(15-20)17-33(24(34)12-14-26(36)42-2)21-9-7-18(8-10-21)16-23-28(38)32-30(40)44-23/h4-10,15-16,22H,11-14,17H2,1-3H3,(H,31,37)(H,32,38,40)/b23-16-/t22-/m1/s1. The van der Waals surface area contributed by atoms with Crippen LogP contribution in [0.5, 0.6) is 0 Å². The van der Waals surface area contributed by atoms with E-state index < -0.39 is 41.0 Å². The number of thioether (sulfide) groups is 1. The van der Waals surface area contributed by atoms with Crippen molar-refractivity contribution in [3.05, 3.63) is 70.1 Å². The normalized spacial score (nSPS) is 13.9. The number of hydrogen-bond acceptors (Lipinski definition) is 11. The van der Waals surface area contributed by atoms with Crippen LogP contribution < -0.4 is 15.5 Å². The van der Waals surface area contributed by atoms with Crippen molar-refractivity contribution in [3.8, 4) is 0 Å². The molecule has 14 heteroatoms. The molecule has 0 bridgehead atoms. The minimum Gasteiger partial charge on any atom is -0.469 e. The summed E-state index contributed by atoms with van der Waals surface area (Å²) in [5.74, 6) is -3.29. The maximum atomic E-state index is 13.3. The molecule has 1 fully saturated rings. The average Bonchev–Trinajstić information content (AvgIpc) is 3.35. The number of rotatable bonds is 13. The van der Waals surface area contributed by atoms with E-state index in [9.17, 15) is 33.6 Å². The van der Waals surface area contributed by atoms with Crippen LogP contribution in [-0.2, 0) is 44.7 Å². The van der Waals surface area contributed by atoms with Crippen molar-refractivity contribution in [1.82, 2.24) is 10.6 Å². The molecule has 1 saturated heterocycles. The number of methoxy groups -OCH3 is 3. The smallest absolute Gasteiger partial charge is 0.328 e. The van der Waals surface area contributed by atoms with E-state index in [0.29, 0.717) is 16.8 Å². The van der Waals surface area contributed by atoms with Crippen LogP contribution in [0.15, 0.2) is 53.4 Å². The van der Waals surface area contributed by atoms with Crippen molar-refractivity contribution < 1.29 is 47.8 Å². The van der Waals surface area contributed by atoms with E-state index in [1.54, 1.807) is 48.5 Å². The third-order valence-electron chi connectivity index (χ3n) is 6.40. The lowest BCUT2D eigenvalue weighted by molar-refractivity contribution is -0.144. The van der Waals surface area contributed by atoms with Gasteiger partial charge in [0.1, 0.15) is 6.04 Å². The van der Waals surface area contributed by atoms with Crippen LogP contribution in [0, 0.1) is 0 Å². The molecular weight excluding hydrogens is 594 g/mol. The number of hydrogen-bond donors (Lipinski definition) is 2. The third kappa shape index (κ3) is 9.52. The van der Waals surface area contributed by atoms with Crippen molar-refractivity contribution in [3.63, 3.8) is 0 Å². The van der Waals surface area contributed by atoms with Gasteiger partial charge in [-0.25, -0.2) is 4.79 Å². The first kappa shape index (κ1) is 33.5. The summed E-state index contributed by atoms with van der Waals surface area (Å²) in [4.78, 5) is 86.8. The molecule has 4 amide bonds. The molecule has 0 spiro atoms. The largest absolute Gasteiger partial charge is 0.469 e. The highest BCUT2D eigenvalue weighted by Gasteiger charge is 2.26. The predicted molar refractivity (Wildman–Crippen MR) is 159 cm³/mol. The molecular formula is C30H31N3O10S. The molecule has 0 saturated carbocycles. The summed E-state index contributed by atoms with van der Waals surface area (Å²) in [6.07, 6.45) is 1.13. The van der Waals surface area contributed by atoms with Gasteiger partial charge in [-0.05, 0) is 59.7 Å². The first-order chi connectivity index (χ1) is 21.0. The zero-order valence-corrected chi connectivity index (χ0v) is 25.1. The van der Waals surface area contributed by atoms with Gasteiger partial charge in [0.25, 0.3) is 17.1 Å². The molecule has 2 N–H and O–H groups in total. The topological polar surface area (TPSA) is 174 Å². The Kier molecular flexibility index (Phi) is 12.2. The summed E-state index contributed by atoms with van der Waals surface area (Å²) >= 11 is 0.786. The molecule has 2 aromatic carbocycles. The van der Waals surface area contributed by atoms with Gasteiger partial charge in [0, 0.05) is 24.1 Å². The van der Waals surface area contributed by atoms with Crippen LogP contribution in [0.2, 0.25) is 0 Å². The first-order valence-corrected chi connectivity index (χ1v) is 14.1. The second kappa shape index (κ2) is 16.0. The summed E-state index contributed by atoms with van der Waals surface area (Å²) < 4.78 is 14.0. The van der Waals surface area contributed by atoms with Crippen LogP contribution in [-0.4, -0.2) is 68.2 Å². The third-order valence-corrected chi connectivity index (χ3v) is 7.21. The Morgan fingerprint density at radius 2 is 1.59 bits per heavy atom. The zero-order valence-electron chi connectivity index (χ0n) is 24.2. The molecule has 1 aliphatic rings. The van der Waals surface area contributed by atoms with Crippen molar-refractivity contribution in [2.24, 2.45) is 0 Å². The number of imide groups is 1. The molecule has 3 rings (SSSR count). The Bertz CT molecular complexity index is 1470. The van der Waals surface area contributed by atoms with Gasteiger partial charge >= 0.3 is 17.9 Å². The second-order valence-corrected chi connectivity index (χ2v) is 10.4. The average molecular weight is 626 g/mol. The van der Waals surface area contributed by atoms with Crippen LogP contribution in [0.3, 0.4) is 0 Å². The van der Waals surface area contributed by atoms with E-state index >= 15 is 0 Å². The number of benzene rings is 2. The SMILES string of the molecule is COC(=O)CCC(=O)N(Cc1cccc(C(=O)N[C@H](CCC(=O)OC)C(=O)OC)c1)c1ccc(/C=C2\SC(=O)NC2=O)cc1. The van der Waals surface area contributed by atoms with E-state index in [1.807, 2.05) is 0 Å². The van der Waals surface area contributed by atoms with Crippen LogP contribution in [0.25, 0.3) is 6.08 Å². The van der Waals surface area contributed by atoms with Gasteiger partial charge in [0.15, 0.2) is 0 Å². The fourth-order valence-corrected chi connectivity index (χ4v) is 4.77. The lowest BCUT2D eigenvalue weighted by Crippen LogP contribution is -2.42. The van der Waals surface area contributed by atoms with E-state index in [-0.39, 0.29) is 48.6 Å². The number of esters is 3. The minimum atomic E-state index is -1.09. The monoisotopic (exact) mass is 625 g/mol. The molecule has 0 unspecified atom stereocenters. The lowest BCUT2D eigenvalue weighted by Gasteiger charge is -2.24. The number of amides is 4. The Balaban J connectivity index is 1.82. The minimum absolute atomic E-state index is 0.0249. The number of carbonyl (C=O) groups is 7. The summed E-state index contributed by atoms with van der Waals surface area (Å²) in [6, 6.07) is 12.0. The highest BCUT2D eigenvalue weighted by atomic mass is 32.2. The maximum Gasteiger partial charge on any atom is 0.328 e. The first-order valence-electron chi connectivity index (χ1n) is 13.3. The Hall–Kier alpha value is -4.98. The molecule has 0 aliphatic carbocycles. The predicted octanol–water partition coefficient (Wildman–Crippen LogP) is 2.72. The summed E-state index contributed by atoms with van der Waals surface area (Å²) in [5, 5.41) is 4.30. The van der Waals surface area contributed by atoms with Gasteiger partial charge in [0.05, 0.1) is 39.2 Å². The van der Waals surface area contributed by atoms with Crippen molar-refractivity contribution in [2.45, 2.75) is 38.3 Å². The van der Waals surface area contributed by atoms with Crippen molar-refractivity contribution in [1.29, 1.82) is 0 Å². The molecule has 13 nitrogen and oxygen atoms in total. The number of anilines is 1. The van der Waals surface area contributed by atoms with E-state index in [0.717, 1.165) is 11.8 Å². The van der Waals surface area contributed by atoms with Gasteiger partial charge in [-0.3, -0.25) is 34.1 Å². The molecule has 1 heterocycles. The Morgan fingerprint density at radius 1 is 0.909 bits per heavy atom.